The zero-order valence-electron chi connectivity index (χ0n) is 16.2. The highest BCUT2D eigenvalue weighted by Gasteiger charge is 2.30. The van der Waals surface area contributed by atoms with Gasteiger partial charge >= 0.3 is 0 Å². The van der Waals surface area contributed by atoms with Crippen LogP contribution in [0.1, 0.15) is 33.1 Å². The Labute approximate surface area is 167 Å². The van der Waals surface area contributed by atoms with Crippen molar-refractivity contribution in [3.63, 3.8) is 0 Å². The number of hydrogen-bond acceptors (Lipinski definition) is 5. The first-order valence-electron chi connectivity index (χ1n) is 9.48. The third kappa shape index (κ3) is 3.12. The number of anilines is 1. The van der Waals surface area contributed by atoms with Crippen molar-refractivity contribution >= 4 is 11.7 Å². The first kappa shape index (κ1) is 17.4. The van der Waals surface area contributed by atoms with Crippen LogP contribution in [-0.4, -0.2) is 30.5 Å². The average Bonchev–Trinajstić information content (AvgIpc) is 3.39. The monoisotopic (exact) mass is 388 g/mol. The Kier molecular flexibility index (Phi) is 4.04. The highest BCUT2D eigenvalue weighted by atomic mass is 16.4. The molecule has 146 valence electrons. The Balaban J connectivity index is 1.46. The van der Waals surface area contributed by atoms with Crippen LogP contribution in [0.4, 0.5) is 5.82 Å². The molecule has 8 nitrogen and oxygen atoms in total. The summed E-state index contributed by atoms with van der Waals surface area (Å²) in [5, 5.41) is 11.8. The van der Waals surface area contributed by atoms with E-state index in [0.717, 1.165) is 46.7 Å². The Bertz CT molecular complexity index is 1200. The molecule has 0 radical (unpaired) electrons. The number of aromatic nitrogens is 5. The van der Waals surface area contributed by atoms with E-state index in [1.165, 1.54) is 0 Å². The molecule has 0 spiro atoms. The van der Waals surface area contributed by atoms with Gasteiger partial charge in [-0.1, -0.05) is 6.07 Å². The van der Waals surface area contributed by atoms with Gasteiger partial charge in [0, 0.05) is 49.3 Å². The Morgan fingerprint density at radius 3 is 2.90 bits per heavy atom. The summed E-state index contributed by atoms with van der Waals surface area (Å²) >= 11 is 0. The van der Waals surface area contributed by atoms with Crippen LogP contribution < -0.4 is 5.32 Å². The first-order chi connectivity index (χ1) is 14.1. The predicted octanol–water partition coefficient (Wildman–Crippen LogP) is 2.98. The molecule has 1 amide bonds. The molecule has 4 heterocycles. The lowest BCUT2D eigenvalue weighted by atomic mass is 9.93. The van der Waals surface area contributed by atoms with E-state index in [9.17, 15) is 4.79 Å². The fourth-order valence-electron chi connectivity index (χ4n) is 3.77. The molecule has 0 saturated carbocycles. The molecule has 29 heavy (non-hydrogen) atoms. The van der Waals surface area contributed by atoms with Gasteiger partial charge in [-0.25, -0.2) is 0 Å². The summed E-state index contributed by atoms with van der Waals surface area (Å²) < 4.78 is 9.49. The van der Waals surface area contributed by atoms with Crippen molar-refractivity contribution in [3.8, 4) is 11.3 Å². The molecule has 4 aromatic heterocycles. The van der Waals surface area contributed by atoms with E-state index in [4.69, 9.17) is 9.52 Å². The summed E-state index contributed by atoms with van der Waals surface area (Å²) in [4.78, 5) is 17.1. The number of hydrogen-bond donors (Lipinski definition) is 1. The minimum absolute atomic E-state index is 0.301. The second kappa shape index (κ2) is 6.73. The van der Waals surface area contributed by atoms with Crippen molar-refractivity contribution < 1.29 is 9.21 Å². The van der Waals surface area contributed by atoms with Crippen LogP contribution in [0.15, 0.2) is 47.3 Å². The van der Waals surface area contributed by atoms with Crippen molar-refractivity contribution in [2.75, 3.05) is 5.32 Å². The van der Waals surface area contributed by atoms with Crippen molar-refractivity contribution in [2.24, 2.45) is 7.05 Å². The van der Waals surface area contributed by atoms with E-state index in [2.05, 4.69) is 21.6 Å². The average molecular weight is 388 g/mol. The lowest BCUT2D eigenvalue weighted by molar-refractivity contribution is 0.0993. The standard InChI is InChI=1S/C21H20N6O2/c1-13-18-16(29-20(13)21(28)23-17-8-10-26(2)24-17)7-6-14-11-27(25-19(14)18)12-15-5-3-4-9-22-15/h3-5,8-11H,6-7,12H2,1-2H3,(H,23,24,28). The van der Waals surface area contributed by atoms with Gasteiger partial charge in [0.2, 0.25) is 0 Å². The summed E-state index contributed by atoms with van der Waals surface area (Å²) in [6, 6.07) is 7.59. The molecule has 0 atom stereocenters. The SMILES string of the molecule is Cc1c(C(=O)Nc2ccn(C)n2)oc2c1-c1nn(Cc3ccccn3)cc1CC2. The number of pyridine rings is 1. The fraction of sp³-hybridized carbons (Fsp3) is 0.238. The minimum atomic E-state index is -0.301. The predicted molar refractivity (Wildman–Crippen MR) is 107 cm³/mol. The second-order valence-corrected chi connectivity index (χ2v) is 7.20. The molecule has 1 aliphatic rings. The van der Waals surface area contributed by atoms with Gasteiger partial charge in [-0.05, 0) is 31.0 Å². The van der Waals surface area contributed by atoms with Crippen LogP contribution >= 0.6 is 0 Å². The topological polar surface area (TPSA) is 90.8 Å². The fourth-order valence-corrected chi connectivity index (χ4v) is 3.77. The first-order valence-corrected chi connectivity index (χ1v) is 9.48. The lowest BCUT2D eigenvalue weighted by Crippen LogP contribution is -2.13. The summed E-state index contributed by atoms with van der Waals surface area (Å²) in [5.41, 5.74) is 4.73. The Hall–Kier alpha value is -3.68. The van der Waals surface area contributed by atoms with Gasteiger partial charge < -0.3 is 9.73 Å². The van der Waals surface area contributed by atoms with E-state index in [-0.39, 0.29) is 5.91 Å². The van der Waals surface area contributed by atoms with Crippen LogP contribution in [0.5, 0.6) is 0 Å². The number of aryl methyl sites for hydroxylation is 3. The summed E-state index contributed by atoms with van der Waals surface area (Å²) in [6.07, 6.45) is 7.20. The Morgan fingerprint density at radius 1 is 1.24 bits per heavy atom. The van der Waals surface area contributed by atoms with Crippen LogP contribution in [0.25, 0.3) is 11.3 Å². The third-order valence-corrected chi connectivity index (χ3v) is 5.13. The molecule has 4 aromatic rings. The lowest BCUT2D eigenvalue weighted by Gasteiger charge is -2.09. The van der Waals surface area contributed by atoms with Gasteiger partial charge in [0.05, 0.1) is 17.9 Å². The zero-order valence-corrected chi connectivity index (χ0v) is 16.2. The number of amides is 1. The highest BCUT2D eigenvalue weighted by Crippen LogP contribution is 2.38. The van der Waals surface area contributed by atoms with Crippen LogP contribution in [0.2, 0.25) is 0 Å². The molecule has 1 aliphatic carbocycles. The summed E-state index contributed by atoms with van der Waals surface area (Å²) in [7, 11) is 1.80. The third-order valence-electron chi connectivity index (χ3n) is 5.13. The van der Waals surface area contributed by atoms with Gasteiger partial charge in [0.15, 0.2) is 11.6 Å². The maximum atomic E-state index is 12.7. The largest absolute Gasteiger partial charge is 0.455 e. The molecule has 0 aliphatic heterocycles. The molecule has 8 heteroatoms. The highest BCUT2D eigenvalue weighted by molar-refractivity contribution is 6.04. The molecule has 0 unspecified atom stereocenters. The van der Waals surface area contributed by atoms with Crippen LogP contribution in [0, 0.1) is 6.92 Å². The van der Waals surface area contributed by atoms with Gasteiger partial charge in [-0.2, -0.15) is 10.2 Å². The maximum Gasteiger partial charge on any atom is 0.292 e. The van der Waals surface area contributed by atoms with Gasteiger partial charge in [0.1, 0.15) is 5.76 Å². The van der Waals surface area contributed by atoms with Crippen molar-refractivity contribution in [1.29, 1.82) is 0 Å². The number of carbonyl (C=O) groups is 1. The number of nitrogens with one attached hydrogen (secondary N) is 1. The van der Waals surface area contributed by atoms with Crippen LogP contribution in [0.3, 0.4) is 0 Å². The molecule has 0 fully saturated rings. The van der Waals surface area contributed by atoms with E-state index >= 15 is 0 Å². The van der Waals surface area contributed by atoms with Gasteiger partial charge in [-0.3, -0.25) is 19.1 Å². The van der Waals surface area contributed by atoms with Gasteiger partial charge in [0.25, 0.3) is 5.91 Å². The zero-order chi connectivity index (χ0) is 20.0. The molecule has 5 rings (SSSR count). The van der Waals surface area contributed by atoms with Crippen molar-refractivity contribution in [2.45, 2.75) is 26.3 Å². The van der Waals surface area contributed by atoms with Crippen molar-refractivity contribution in [1.82, 2.24) is 24.5 Å². The van der Waals surface area contributed by atoms with Crippen LogP contribution in [-0.2, 0) is 26.4 Å². The molecular formula is C21H20N6O2. The number of rotatable bonds is 4. The maximum absolute atomic E-state index is 12.7. The van der Waals surface area contributed by atoms with E-state index in [1.54, 1.807) is 30.2 Å². The normalized spacial score (nSPS) is 12.5. The number of nitrogens with zero attached hydrogens (tertiary/aromatic N) is 5. The molecule has 0 saturated heterocycles. The van der Waals surface area contributed by atoms with E-state index in [1.807, 2.05) is 29.8 Å². The Morgan fingerprint density at radius 2 is 2.14 bits per heavy atom. The second-order valence-electron chi connectivity index (χ2n) is 7.20. The number of carbonyl (C=O) groups excluding carboxylic acids is 1. The quantitative estimate of drug-likeness (QED) is 0.580. The van der Waals surface area contributed by atoms with E-state index < -0.39 is 0 Å². The van der Waals surface area contributed by atoms with Gasteiger partial charge in [-0.15, -0.1) is 0 Å². The van der Waals surface area contributed by atoms with E-state index in [0.29, 0.717) is 18.1 Å². The van der Waals surface area contributed by atoms with Crippen molar-refractivity contribution in [3.05, 3.63) is 71.2 Å². The molecule has 0 aromatic carbocycles. The molecule has 1 N–H and O–H groups in total. The minimum Gasteiger partial charge on any atom is -0.455 e. The summed E-state index contributed by atoms with van der Waals surface area (Å²) in [5.74, 6) is 1.31. The number of furan rings is 1. The summed E-state index contributed by atoms with van der Waals surface area (Å²) in [6.45, 7) is 2.51. The molecular weight excluding hydrogens is 368 g/mol. The smallest absolute Gasteiger partial charge is 0.292 e. The molecule has 0 bridgehead atoms. The number of fused-ring (bicyclic) bond motifs is 3.